The quantitative estimate of drug-likeness (QED) is 0.799. The average Bonchev–Trinajstić information content (AvgIpc) is 2.82. The van der Waals surface area contributed by atoms with Gasteiger partial charge in [0.25, 0.3) is 5.91 Å². The third-order valence-corrected chi connectivity index (χ3v) is 4.51. The van der Waals surface area contributed by atoms with E-state index in [1.54, 1.807) is 0 Å². The lowest BCUT2D eigenvalue weighted by Gasteiger charge is -2.25. The monoisotopic (exact) mass is 314 g/mol. The van der Waals surface area contributed by atoms with Gasteiger partial charge >= 0.3 is 0 Å². The molecule has 0 N–H and O–H groups in total. The molecule has 2 aliphatic heterocycles. The number of rotatable bonds is 3. The Labute approximate surface area is 136 Å². The van der Waals surface area contributed by atoms with Gasteiger partial charge in [-0.05, 0) is 12.0 Å². The van der Waals surface area contributed by atoms with E-state index in [9.17, 15) is 9.59 Å². The Kier molecular flexibility index (Phi) is 4.81. The van der Waals surface area contributed by atoms with Crippen LogP contribution < -0.4 is 0 Å². The Morgan fingerprint density at radius 2 is 2.09 bits per heavy atom. The predicted octanol–water partition coefficient (Wildman–Crippen LogP) is 1.92. The minimum Gasteiger partial charge on any atom is -0.341 e. The summed E-state index contributed by atoms with van der Waals surface area (Å²) in [4.78, 5) is 27.9. The Morgan fingerprint density at radius 3 is 2.91 bits per heavy atom. The highest BCUT2D eigenvalue weighted by Gasteiger charge is 2.28. The molecular formula is C17H22N4O2. The van der Waals surface area contributed by atoms with Gasteiger partial charge in [0.2, 0.25) is 5.91 Å². The normalized spacial score (nSPS) is 24.8. The first-order chi connectivity index (χ1) is 11.2. The van der Waals surface area contributed by atoms with Crippen LogP contribution in [0.1, 0.15) is 19.8 Å². The molecule has 3 aliphatic rings. The minimum absolute atomic E-state index is 0.195. The molecule has 1 fully saturated rings. The van der Waals surface area contributed by atoms with Crippen LogP contribution in [0.15, 0.2) is 45.8 Å². The average molecular weight is 314 g/mol. The summed E-state index contributed by atoms with van der Waals surface area (Å²) >= 11 is 0. The van der Waals surface area contributed by atoms with Crippen LogP contribution in [0, 0.1) is 5.92 Å². The van der Waals surface area contributed by atoms with E-state index >= 15 is 0 Å². The summed E-state index contributed by atoms with van der Waals surface area (Å²) in [7, 11) is 0. The summed E-state index contributed by atoms with van der Waals surface area (Å²) in [5, 5.41) is 7.93. The molecule has 0 bridgehead atoms. The van der Waals surface area contributed by atoms with Crippen molar-refractivity contribution in [2.75, 3.05) is 32.7 Å². The maximum Gasteiger partial charge on any atom is 0.275 e. The smallest absolute Gasteiger partial charge is 0.275 e. The van der Waals surface area contributed by atoms with Crippen molar-refractivity contribution in [1.82, 2.24) is 9.80 Å². The lowest BCUT2D eigenvalue weighted by molar-refractivity contribution is -0.130. The van der Waals surface area contributed by atoms with E-state index in [1.807, 2.05) is 36.1 Å². The number of azo groups is 1. The van der Waals surface area contributed by atoms with Gasteiger partial charge in [-0.1, -0.05) is 31.2 Å². The van der Waals surface area contributed by atoms with Crippen LogP contribution in [0.4, 0.5) is 0 Å². The molecule has 0 aromatic heterocycles. The molecule has 1 unspecified atom stereocenters. The highest BCUT2D eigenvalue weighted by Crippen LogP contribution is 2.29. The van der Waals surface area contributed by atoms with Gasteiger partial charge in [-0.2, -0.15) is 5.11 Å². The number of amides is 2. The van der Waals surface area contributed by atoms with Crippen LogP contribution in [0.5, 0.6) is 0 Å². The van der Waals surface area contributed by atoms with Gasteiger partial charge in [-0.25, -0.2) is 0 Å². The molecule has 6 nitrogen and oxygen atoms in total. The summed E-state index contributed by atoms with van der Waals surface area (Å²) in [5.41, 5.74) is 1.82. The van der Waals surface area contributed by atoms with Crippen molar-refractivity contribution in [1.29, 1.82) is 0 Å². The molecule has 0 aromatic rings. The third-order valence-electron chi connectivity index (χ3n) is 4.51. The van der Waals surface area contributed by atoms with E-state index in [1.165, 1.54) is 0 Å². The van der Waals surface area contributed by atoms with E-state index in [-0.39, 0.29) is 17.7 Å². The summed E-state index contributed by atoms with van der Waals surface area (Å²) < 4.78 is 0. The number of hydrogen-bond acceptors (Lipinski definition) is 4. The molecule has 2 heterocycles. The molecule has 122 valence electrons. The second kappa shape index (κ2) is 7.00. The lowest BCUT2D eigenvalue weighted by Crippen LogP contribution is -2.35. The molecule has 0 spiro atoms. The maximum atomic E-state index is 11.9. The fraction of sp³-hybridized carbons (Fsp3) is 0.529. The summed E-state index contributed by atoms with van der Waals surface area (Å²) in [5.74, 6) is -0.255. The van der Waals surface area contributed by atoms with Crippen LogP contribution in [0.25, 0.3) is 0 Å². The number of nitrogens with zero attached hydrogens (tertiary/aromatic N) is 4. The number of fused-ring (bicyclic) bond motifs is 1. The summed E-state index contributed by atoms with van der Waals surface area (Å²) in [6.45, 7) is 5.91. The molecule has 1 saturated heterocycles. The van der Waals surface area contributed by atoms with E-state index in [2.05, 4.69) is 15.1 Å². The SMILES string of the molecule is CCC(=O)N1CCCN(CC2=C3C=CC=CC3C(=O)N=N2)CC1. The van der Waals surface area contributed by atoms with Crippen LogP contribution in [0.2, 0.25) is 0 Å². The molecule has 0 saturated carbocycles. The van der Waals surface area contributed by atoms with Gasteiger partial charge in [0, 0.05) is 39.1 Å². The van der Waals surface area contributed by atoms with Crippen LogP contribution >= 0.6 is 0 Å². The first kappa shape index (κ1) is 15.8. The minimum atomic E-state index is -0.280. The molecule has 0 radical (unpaired) electrons. The zero-order valence-corrected chi connectivity index (χ0v) is 13.4. The molecule has 1 aliphatic carbocycles. The van der Waals surface area contributed by atoms with Crippen LogP contribution in [-0.4, -0.2) is 54.3 Å². The largest absolute Gasteiger partial charge is 0.341 e. The summed E-state index contributed by atoms with van der Waals surface area (Å²) in [6.07, 6.45) is 9.17. The molecule has 3 rings (SSSR count). The van der Waals surface area contributed by atoms with Gasteiger partial charge in [0.05, 0.1) is 11.6 Å². The number of carbonyl (C=O) groups is 2. The van der Waals surface area contributed by atoms with Gasteiger partial charge in [-0.3, -0.25) is 14.5 Å². The van der Waals surface area contributed by atoms with Crippen molar-refractivity contribution in [3.63, 3.8) is 0 Å². The topological polar surface area (TPSA) is 65.3 Å². The maximum absolute atomic E-state index is 11.9. The molecular weight excluding hydrogens is 292 g/mol. The van der Waals surface area contributed by atoms with Gasteiger partial charge in [0.1, 0.15) is 0 Å². The second-order valence-corrected chi connectivity index (χ2v) is 6.03. The van der Waals surface area contributed by atoms with Crippen molar-refractivity contribution < 1.29 is 9.59 Å². The van der Waals surface area contributed by atoms with Crippen molar-refractivity contribution in [3.05, 3.63) is 35.6 Å². The second-order valence-electron chi connectivity index (χ2n) is 6.03. The van der Waals surface area contributed by atoms with E-state index in [0.29, 0.717) is 13.0 Å². The zero-order chi connectivity index (χ0) is 16.2. The van der Waals surface area contributed by atoms with Crippen molar-refractivity contribution in [3.8, 4) is 0 Å². The van der Waals surface area contributed by atoms with Crippen LogP contribution in [-0.2, 0) is 9.59 Å². The van der Waals surface area contributed by atoms with Gasteiger partial charge in [0.15, 0.2) is 0 Å². The van der Waals surface area contributed by atoms with E-state index in [0.717, 1.165) is 43.9 Å². The number of hydrogen-bond donors (Lipinski definition) is 0. The first-order valence-electron chi connectivity index (χ1n) is 8.22. The zero-order valence-electron chi connectivity index (χ0n) is 13.4. The lowest BCUT2D eigenvalue weighted by atomic mass is 9.91. The standard InChI is InChI=1S/C17H22N4O2/c1-2-16(22)21-9-5-8-20(10-11-21)12-15-13-6-3-4-7-14(13)17(23)19-18-15/h3-4,6-7,14H,2,5,8-12H2,1H3. The van der Waals surface area contributed by atoms with Crippen molar-refractivity contribution in [2.24, 2.45) is 16.1 Å². The predicted molar refractivity (Wildman–Crippen MR) is 86.6 cm³/mol. The van der Waals surface area contributed by atoms with Gasteiger partial charge in [-0.15, -0.1) is 5.11 Å². The fourth-order valence-corrected chi connectivity index (χ4v) is 3.20. The molecule has 23 heavy (non-hydrogen) atoms. The fourth-order valence-electron chi connectivity index (χ4n) is 3.20. The van der Waals surface area contributed by atoms with Gasteiger partial charge < -0.3 is 4.90 Å². The van der Waals surface area contributed by atoms with Crippen molar-refractivity contribution >= 4 is 11.8 Å². The number of allylic oxidation sites excluding steroid dienone is 3. The Hall–Kier alpha value is -2.08. The third kappa shape index (κ3) is 3.47. The molecule has 6 heteroatoms. The van der Waals surface area contributed by atoms with Crippen molar-refractivity contribution in [2.45, 2.75) is 19.8 Å². The molecule has 1 atom stereocenters. The molecule has 0 aromatic carbocycles. The van der Waals surface area contributed by atoms with Crippen LogP contribution in [0.3, 0.4) is 0 Å². The number of carbonyl (C=O) groups excluding carboxylic acids is 2. The van der Waals surface area contributed by atoms with E-state index in [4.69, 9.17) is 0 Å². The highest BCUT2D eigenvalue weighted by molar-refractivity contribution is 5.86. The Balaban J connectivity index is 1.68. The summed E-state index contributed by atoms with van der Waals surface area (Å²) in [6, 6.07) is 0. The molecule has 2 amide bonds. The Bertz CT molecular complexity index is 618. The Morgan fingerprint density at radius 1 is 1.22 bits per heavy atom. The first-order valence-corrected chi connectivity index (χ1v) is 8.22. The highest BCUT2D eigenvalue weighted by atomic mass is 16.2. The van der Waals surface area contributed by atoms with E-state index < -0.39 is 0 Å².